The van der Waals surface area contributed by atoms with Crippen LogP contribution in [0.2, 0.25) is 0 Å². The summed E-state index contributed by atoms with van der Waals surface area (Å²) in [5.74, 6) is 0. The van der Waals surface area contributed by atoms with Gasteiger partial charge in [0.1, 0.15) is 12.7 Å². The molecular weight excluding hydrogens is 330 g/mol. The molecule has 0 radical (unpaired) electrons. The number of hydrogen-bond acceptors (Lipinski definition) is 5. The average Bonchev–Trinajstić information content (AvgIpc) is 2.94. The number of rotatable bonds is 3. The molecule has 7 heteroatoms. The molecule has 1 aromatic carbocycles. The molecule has 4 aliphatic rings. The molecule has 0 spiro atoms. The molecule has 1 aromatic rings. The number of quaternary nitrogens is 1. The number of nitro groups is 1. The van der Waals surface area contributed by atoms with Gasteiger partial charge in [-0.3, -0.25) is 24.4 Å². The summed E-state index contributed by atoms with van der Waals surface area (Å²) in [7, 11) is 0. The fraction of sp³-hybridized carbons (Fsp3) is 0.684. The number of nitro benzene ring substituents is 1. The highest BCUT2D eigenvalue weighted by atomic mass is 16.6. The van der Waals surface area contributed by atoms with E-state index in [1.54, 1.807) is 12.1 Å². The number of piperazine rings is 2. The molecule has 0 saturated carbocycles. The second kappa shape index (κ2) is 5.73. The van der Waals surface area contributed by atoms with Crippen molar-refractivity contribution in [2.75, 3.05) is 52.4 Å². The van der Waals surface area contributed by atoms with Crippen molar-refractivity contribution in [3.05, 3.63) is 39.9 Å². The van der Waals surface area contributed by atoms with Gasteiger partial charge in [-0.1, -0.05) is 0 Å². The maximum absolute atomic E-state index is 11.0. The predicted molar refractivity (Wildman–Crippen MR) is 98.3 cm³/mol. The van der Waals surface area contributed by atoms with E-state index >= 15 is 0 Å². The monoisotopic (exact) mass is 358 g/mol. The highest BCUT2D eigenvalue weighted by Gasteiger charge is 2.67. The van der Waals surface area contributed by atoms with E-state index in [0.29, 0.717) is 6.17 Å². The fourth-order valence-electron chi connectivity index (χ4n) is 6.22. The van der Waals surface area contributed by atoms with Gasteiger partial charge in [-0.05, 0) is 18.6 Å². The van der Waals surface area contributed by atoms with Gasteiger partial charge in [0.15, 0.2) is 5.66 Å². The first-order valence-electron chi connectivity index (χ1n) is 9.86. The first-order chi connectivity index (χ1) is 12.5. The van der Waals surface area contributed by atoms with Crippen LogP contribution in [0.25, 0.3) is 0 Å². The van der Waals surface area contributed by atoms with Gasteiger partial charge >= 0.3 is 0 Å². The lowest BCUT2D eigenvalue weighted by atomic mass is 9.91. The van der Waals surface area contributed by atoms with Gasteiger partial charge in [-0.2, -0.15) is 0 Å². The molecule has 0 aromatic heterocycles. The molecule has 7 nitrogen and oxygen atoms in total. The van der Waals surface area contributed by atoms with Crippen molar-refractivity contribution < 1.29 is 9.41 Å². The maximum Gasteiger partial charge on any atom is 0.269 e. The van der Waals surface area contributed by atoms with Crippen LogP contribution in [0, 0.1) is 10.1 Å². The van der Waals surface area contributed by atoms with Crippen LogP contribution in [0.5, 0.6) is 0 Å². The Kier molecular flexibility index (Phi) is 3.66. The van der Waals surface area contributed by atoms with Crippen LogP contribution >= 0.6 is 0 Å². The lowest BCUT2D eigenvalue weighted by molar-refractivity contribution is -0.991. The molecule has 0 bridgehead atoms. The minimum absolute atomic E-state index is 0.124. The van der Waals surface area contributed by atoms with Crippen LogP contribution in [0.3, 0.4) is 0 Å². The summed E-state index contributed by atoms with van der Waals surface area (Å²) < 4.78 is 1.10. The zero-order valence-corrected chi connectivity index (χ0v) is 15.5. The van der Waals surface area contributed by atoms with Gasteiger partial charge in [-0.15, -0.1) is 0 Å². The molecule has 3 atom stereocenters. The fourth-order valence-corrected chi connectivity index (χ4v) is 6.22. The largest absolute Gasteiger partial charge is 0.298 e. The first kappa shape index (κ1) is 16.6. The van der Waals surface area contributed by atoms with E-state index in [9.17, 15) is 10.1 Å². The van der Waals surface area contributed by atoms with Gasteiger partial charge in [0.2, 0.25) is 0 Å². The van der Waals surface area contributed by atoms with Crippen LogP contribution in [0.4, 0.5) is 5.69 Å². The molecular formula is C19H28N5O2+. The zero-order valence-electron chi connectivity index (χ0n) is 15.5. The standard InChI is InChI=1S/C19H28N5O2/c1-19-18-20-7-2-8-21(18)11-13-24(19,14-12-22(19)10-9-20)15-16-3-5-17(6-4-16)23(25)26/h3-6,18H,2,7-15H2,1H3/q+1/t18-,19+,24?/m0/s1. The third kappa shape index (κ3) is 2.14. The Morgan fingerprint density at radius 3 is 2.50 bits per heavy atom. The lowest BCUT2D eigenvalue weighted by Gasteiger charge is -2.64. The van der Waals surface area contributed by atoms with Crippen molar-refractivity contribution in [2.24, 2.45) is 0 Å². The van der Waals surface area contributed by atoms with Gasteiger partial charge in [-0.25, -0.2) is 4.90 Å². The van der Waals surface area contributed by atoms with Crippen molar-refractivity contribution >= 4 is 5.69 Å². The number of benzene rings is 1. The summed E-state index contributed by atoms with van der Waals surface area (Å²) in [4.78, 5) is 18.8. The van der Waals surface area contributed by atoms with Gasteiger partial charge in [0.25, 0.3) is 5.69 Å². The molecule has 4 saturated heterocycles. The Hall–Kier alpha value is -1.54. The Balaban J connectivity index is 1.50. The summed E-state index contributed by atoms with van der Waals surface area (Å²) in [6.07, 6.45) is 1.80. The highest BCUT2D eigenvalue weighted by Crippen LogP contribution is 2.47. The lowest BCUT2D eigenvalue weighted by Crippen LogP contribution is -2.83. The third-order valence-electron chi connectivity index (χ3n) is 7.57. The normalized spacial score (nSPS) is 37.5. The molecule has 0 aliphatic carbocycles. The van der Waals surface area contributed by atoms with E-state index < -0.39 is 0 Å². The van der Waals surface area contributed by atoms with Gasteiger partial charge in [0.05, 0.1) is 24.6 Å². The number of nitrogens with zero attached hydrogens (tertiary/aromatic N) is 5. The topological polar surface area (TPSA) is 52.9 Å². The van der Waals surface area contributed by atoms with E-state index in [-0.39, 0.29) is 16.3 Å². The van der Waals surface area contributed by atoms with Crippen LogP contribution in [0.15, 0.2) is 24.3 Å². The van der Waals surface area contributed by atoms with E-state index in [1.807, 2.05) is 12.1 Å². The number of non-ortho nitro benzene ring substituents is 1. The molecule has 1 unspecified atom stereocenters. The summed E-state index contributed by atoms with van der Waals surface area (Å²) in [5, 5.41) is 11.0. The second-order valence-electron chi connectivity index (χ2n) is 8.55. The Bertz CT molecular complexity index is 719. The molecule has 140 valence electrons. The molecule has 4 fully saturated rings. The minimum Gasteiger partial charge on any atom is -0.298 e. The Morgan fingerprint density at radius 1 is 1.08 bits per heavy atom. The third-order valence-corrected chi connectivity index (χ3v) is 7.57. The van der Waals surface area contributed by atoms with Crippen molar-refractivity contribution in [3.63, 3.8) is 0 Å². The molecule has 4 aliphatic heterocycles. The first-order valence-corrected chi connectivity index (χ1v) is 9.86. The highest BCUT2D eigenvalue weighted by molar-refractivity contribution is 5.32. The molecule has 26 heavy (non-hydrogen) atoms. The van der Waals surface area contributed by atoms with E-state index in [2.05, 4.69) is 21.6 Å². The summed E-state index contributed by atoms with van der Waals surface area (Å²) in [5.41, 5.74) is 1.53. The second-order valence-corrected chi connectivity index (χ2v) is 8.55. The quantitative estimate of drug-likeness (QED) is 0.463. The van der Waals surface area contributed by atoms with E-state index in [1.165, 1.54) is 57.8 Å². The van der Waals surface area contributed by atoms with Crippen molar-refractivity contribution in [3.8, 4) is 0 Å². The van der Waals surface area contributed by atoms with Crippen molar-refractivity contribution in [2.45, 2.75) is 31.7 Å². The SMILES string of the molecule is C[C@]12[C@H]3N4CCCN3CC[N+]1(Cc1ccc([N+](=O)[O-])cc1)CCN2CC4. The number of hydrogen-bond donors (Lipinski definition) is 0. The smallest absolute Gasteiger partial charge is 0.269 e. The summed E-state index contributed by atoms with van der Waals surface area (Å²) in [6.45, 7) is 13.0. The van der Waals surface area contributed by atoms with Crippen LogP contribution in [-0.2, 0) is 6.54 Å². The van der Waals surface area contributed by atoms with Gasteiger partial charge in [0, 0.05) is 57.3 Å². The van der Waals surface area contributed by atoms with E-state index in [0.717, 1.165) is 17.6 Å². The molecule has 0 amide bonds. The summed E-state index contributed by atoms with van der Waals surface area (Å²) >= 11 is 0. The molecule has 0 N–H and O–H groups in total. The Morgan fingerprint density at radius 2 is 1.77 bits per heavy atom. The van der Waals surface area contributed by atoms with Crippen LogP contribution in [0.1, 0.15) is 18.9 Å². The van der Waals surface area contributed by atoms with Crippen molar-refractivity contribution in [1.29, 1.82) is 0 Å². The van der Waals surface area contributed by atoms with Crippen LogP contribution in [-0.4, -0.2) is 88.3 Å². The predicted octanol–water partition coefficient (Wildman–Crippen LogP) is 1.30. The van der Waals surface area contributed by atoms with Crippen LogP contribution < -0.4 is 0 Å². The Labute approximate surface area is 154 Å². The average molecular weight is 358 g/mol. The molecule has 4 heterocycles. The van der Waals surface area contributed by atoms with E-state index in [4.69, 9.17) is 0 Å². The maximum atomic E-state index is 11.0. The van der Waals surface area contributed by atoms with Gasteiger partial charge < -0.3 is 0 Å². The zero-order chi connectivity index (χ0) is 17.9. The summed E-state index contributed by atoms with van der Waals surface area (Å²) in [6, 6.07) is 7.25. The minimum atomic E-state index is -0.310. The molecule has 5 rings (SSSR count). The van der Waals surface area contributed by atoms with Crippen molar-refractivity contribution in [1.82, 2.24) is 14.7 Å².